The van der Waals surface area contributed by atoms with Gasteiger partial charge in [-0.15, -0.1) is 11.6 Å². The van der Waals surface area contributed by atoms with Crippen LogP contribution in [0.5, 0.6) is 0 Å². The number of imidazole rings is 1. The number of fused-ring (bicyclic) bond motifs is 1. The van der Waals surface area contributed by atoms with Crippen LogP contribution in [-0.2, 0) is 12.4 Å². The van der Waals surface area contributed by atoms with Crippen LogP contribution in [0.15, 0.2) is 18.2 Å². The minimum absolute atomic E-state index is 0.0588. The molecule has 88 valence electrons. The van der Waals surface area contributed by atoms with Gasteiger partial charge in [0.25, 0.3) is 6.43 Å². The lowest BCUT2D eigenvalue weighted by Crippen LogP contribution is -2.09. The van der Waals surface area contributed by atoms with Gasteiger partial charge in [-0.1, -0.05) is 0 Å². The second kappa shape index (κ2) is 4.68. The first-order valence-electron chi connectivity index (χ1n) is 4.89. The average molecular weight is 256 g/mol. The van der Waals surface area contributed by atoms with Gasteiger partial charge in [-0.25, -0.2) is 13.8 Å². The summed E-state index contributed by atoms with van der Waals surface area (Å²) in [6, 6.07) is 6.74. The van der Waals surface area contributed by atoms with Crippen molar-refractivity contribution < 1.29 is 8.78 Å². The second-order valence-corrected chi connectivity index (χ2v) is 3.75. The van der Waals surface area contributed by atoms with Gasteiger partial charge in [0.2, 0.25) is 0 Å². The van der Waals surface area contributed by atoms with Crippen LogP contribution in [0.3, 0.4) is 0 Å². The molecule has 1 aromatic heterocycles. The number of aromatic nitrogens is 2. The van der Waals surface area contributed by atoms with Crippen LogP contribution in [0.2, 0.25) is 0 Å². The van der Waals surface area contributed by atoms with Gasteiger partial charge in [0.1, 0.15) is 5.82 Å². The summed E-state index contributed by atoms with van der Waals surface area (Å²) in [5.74, 6) is 0.445. The van der Waals surface area contributed by atoms with Crippen LogP contribution in [-0.4, -0.2) is 16.0 Å². The fourth-order valence-corrected chi connectivity index (χ4v) is 1.89. The smallest absolute Gasteiger partial charge is 0.256 e. The average Bonchev–Trinajstić information content (AvgIpc) is 2.66. The monoisotopic (exact) mass is 255 g/mol. The standard InChI is InChI=1S/C11H8ClF2N3/c12-4-11-16-8-2-1-7(5-15)3-9(8)17(11)6-10(13)14/h1-3,10H,4,6H2. The lowest BCUT2D eigenvalue weighted by molar-refractivity contribution is 0.127. The molecule has 6 heteroatoms. The highest BCUT2D eigenvalue weighted by Crippen LogP contribution is 2.20. The van der Waals surface area contributed by atoms with E-state index in [0.717, 1.165) is 0 Å². The maximum atomic E-state index is 12.5. The Kier molecular flexibility index (Phi) is 3.25. The molecule has 0 aliphatic rings. The van der Waals surface area contributed by atoms with Gasteiger partial charge >= 0.3 is 0 Å². The van der Waals surface area contributed by atoms with Crippen molar-refractivity contribution in [2.45, 2.75) is 18.9 Å². The number of nitriles is 1. The first-order valence-corrected chi connectivity index (χ1v) is 5.42. The van der Waals surface area contributed by atoms with E-state index in [0.29, 0.717) is 22.4 Å². The van der Waals surface area contributed by atoms with E-state index in [2.05, 4.69) is 4.98 Å². The highest BCUT2D eigenvalue weighted by molar-refractivity contribution is 6.16. The number of halogens is 3. The van der Waals surface area contributed by atoms with Crippen molar-refractivity contribution in [3.05, 3.63) is 29.6 Å². The third kappa shape index (κ3) is 2.22. The van der Waals surface area contributed by atoms with Crippen LogP contribution >= 0.6 is 11.6 Å². The molecule has 0 saturated heterocycles. The summed E-state index contributed by atoms with van der Waals surface area (Å²) in [6.07, 6.45) is -2.49. The van der Waals surface area contributed by atoms with E-state index < -0.39 is 13.0 Å². The minimum Gasteiger partial charge on any atom is -0.321 e. The number of hydrogen-bond acceptors (Lipinski definition) is 2. The molecule has 0 fully saturated rings. The van der Waals surface area contributed by atoms with Gasteiger partial charge in [-0.2, -0.15) is 5.26 Å². The molecule has 0 bridgehead atoms. The van der Waals surface area contributed by atoms with Gasteiger partial charge in [0.15, 0.2) is 0 Å². The third-order valence-electron chi connectivity index (χ3n) is 2.40. The summed E-state index contributed by atoms with van der Waals surface area (Å²) in [6.45, 7) is -0.465. The Labute approximate surface area is 101 Å². The molecule has 1 heterocycles. The largest absolute Gasteiger partial charge is 0.321 e. The molecule has 0 unspecified atom stereocenters. The predicted molar refractivity (Wildman–Crippen MR) is 60.0 cm³/mol. The molecule has 0 aliphatic carbocycles. The number of hydrogen-bond donors (Lipinski definition) is 0. The van der Waals surface area contributed by atoms with Gasteiger partial charge in [0.05, 0.1) is 35.1 Å². The van der Waals surface area contributed by atoms with Gasteiger partial charge < -0.3 is 4.57 Å². The van der Waals surface area contributed by atoms with E-state index in [-0.39, 0.29) is 5.88 Å². The lowest BCUT2D eigenvalue weighted by atomic mass is 10.2. The SMILES string of the molecule is N#Cc1ccc2nc(CCl)n(CC(F)F)c2c1. The zero-order valence-corrected chi connectivity index (χ0v) is 9.46. The molecule has 17 heavy (non-hydrogen) atoms. The lowest BCUT2D eigenvalue weighted by Gasteiger charge is -2.06. The Morgan fingerprint density at radius 2 is 2.24 bits per heavy atom. The van der Waals surface area contributed by atoms with E-state index in [1.807, 2.05) is 6.07 Å². The summed E-state index contributed by atoms with van der Waals surface area (Å²) in [4.78, 5) is 4.15. The molecular formula is C11H8ClF2N3. The van der Waals surface area contributed by atoms with Gasteiger partial charge in [0, 0.05) is 0 Å². The van der Waals surface area contributed by atoms with Crippen molar-refractivity contribution >= 4 is 22.6 Å². The molecule has 0 spiro atoms. The van der Waals surface area contributed by atoms with E-state index in [1.54, 1.807) is 18.2 Å². The summed E-state index contributed by atoms with van der Waals surface area (Å²) in [7, 11) is 0. The maximum Gasteiger partial charge on any atom is 0.256 e. The minimum atomic E-state index is -2.49. The molecule has 0 atom stereocenters. The Bertz CT molecular complexity index is 586. The number of benzene rings is 1. The molecule has 0 N–H and O–H groups in total. The second-order valence-electron chi connectivity index (χ2n) is 3.48. The molecule has 0 radical (unpaired) electrons. The zero-order valence-electron chi connectivity index (χ0n) is 8.70. The van der Waals surface area contributed by atoms with Crippen molar-refractivity contribution in [1.82, 2.24) is 9.55 Å². The Hall–Kier alpha value is -1.67. The van der Waals surface area contributed by atoms with Crippen LogP contribution < -0.4 is 0 Å². The first kappa shape index (κ1) is 11.8. The van der Waals surface area contributed by atoms with Crippen LogP contribution in [0.25, 0.3) is 11.0 Å². The molecule has 2 rings (SSSR count). The zero-order chi connectivity index (χ0) is 12.4. The van der Waals surface area contributed by atoms with E-state index in [4.69, 9.17) is 16.9 Å². The predicted octanol–water partition coefficient (Wildman–Crippen LogP) is 2.91. The number of alkyl halides is 3. The van der Waals surface area contributed by atoms with E-state index >= 15 is 0 Å². The first-order chi connectivity index (χ1) is 8.15. The van der Waals surface area contributed by atoms with Gasteiger partial charge in [-0.3, -0.25) is 0 Å². The highest BCUT2D eigenvalue weighted by atomic mass is 35.5. The normalized spacial score (nSPS) is 11.0. The van der Waals surface area contributed by atoms with E-state index in [1.165, 1.54) is 4.57 Å². The summed E-state index contributed by atoms with van der Waals surface area (Å²) >= 11 is 5.67. The van der Waals surface area contributed by atoms with Crippen LogP contribution in [0.4, 0.5) is 8.78 Å². The van der Waals surface area contributed by atoms with Crippen molar-refractivity contribution in [1.29, 1.82) is 5.26 Å². The molecule has 1 aromatic carbocycles. The Morgan fingerprint density at radius 3 is 2.82 bits per heavy atom. The molecular weight excluding hydrogens is 248 g/mol. The maximum absolute atomic E-state index is 12.5. The third-order valence-corrected chi connectivity index (χ3v) is 2.64. The van der Waals surface area contributed by atoms with E-state index in [9.17, 15) is 8.78 Å². The molecule has 0 aliphatic heterocycles. The molecule has 3 nitrogen and oxygen atoms in total. The number of rotatable bonds is 3. The van der Waals surface area contributed by atoms with Crippen molar-refractivity contribution in [2.24, 2.45) is 0 Å². The fourth-order valence-electron chi connectivity index (χ4n) is 1.69. The molecule has 0 saturated carbocycles. The summed E-state index contributed by atoms with van der Waals surface area (Å²) < 4.78 is 26.3. The van der Waals surface area contributed by atoms with Crippen molar-refractivity contribution in [3.63, 3.8) is 0 Å². The fraction of sp³-hybridized carbons (Fsp3) is 0.273. The molecule has 2 aromatic rings. The van der Waals surface area contributed by atoms with Crippen LogP contribution in [0, 0.1) is 11.3 Å². The van der Waals surface area contributed by atoms with Crippen molar-refractivity contribution in [2.75, 3.05) is 0 Å². The highest BCUT2D eigenvalue weighted by Gasteiger charge is 2.14. The van der Waals surface area contributed by atoms with Crippen LogP contribution in [0.1, 0.15) is 11.4 Å². The molecule has 0 amide bonds. The summed E-state index contributed by atoms with van der Waals surface area (Å²) in [5.41, 5.74) is 1.49. The Balaban J connectivity index is 2.63. The van der Waals surface area contributed by atoms with Crippen molar-refractivity contribution in [3.8, 4) is 6.07 Å². The van der Waals surface area contributed by atoms with Gasteiger partial charge in [-0.05, 0) is 18.2 Å². The topological polar surface area (TPSA) is 41.6 Å². The number of nitrogens with zero attached hydrogens (tertiary/aromatic N) is 3. The summed E-state index contributed by atoms with van der Waals surface area (Å²) in [5, 5.41) is 8.78. The quantitative estimate of drug-likeness (QED) is 0.792. The Morgan fingerprint density at radius 1 is 1.47 bits per heavy atom.